The lowest BCUT2D eigenvalue weighted by Crippen LogP contribution is -2.02. The standard InChI is InChI=1S/C9H7NO.C4H4O4/c1-6-7-4-2-3-5-8(7)10-9(6)11;5-3(6)1-2-4(7)8/h2-5H,1H2,(H,10,11);1-2H,(H,5,6)(H,7,8)/b;2-1+. The van der Waals surface area contributed by atoms with Crippen LogP contribution in [0.15, 0.2) is 43.0 Å². The van der Waals surface area contributed by atoms with Crippen LogP contribution in [0.1, 0.15) is 5.56 Å². The van der Waals surface area contributed by atoms with Crippen LogP contribution in [0.2, 0.25) is 0 Å². The molecule has 0 fully saturated rings. The fourth-order valence-electron chi connectivity index (χ4n) is 1.32. The highest BCUT2D eigenvalue weighted by Gasteiger charge is 2.20. The molecule has 0 bridgehead atoms. The van der Waals surface area contributed by atoms with Gasteiger partial charge in [0.1, 0.15) is 0 Å². The van der Waals surface area contributed by atoms with Gasteiger partial charge in [-0.05, 0) is 6.07 Å². The van der Waals surface area contributed by atoms with E-state index in [4.69, 9.17) is 10.2 Å². The molecule has 19 heavy (non-hydrogen) atoms. The Morgan fingerprint density at radius 3 is 2.11 bits per heavy atom. The minimum absolute atomic E-state index is 0.0915. The summed E-state index contributed by atoms with van der Waals surface area (Å²) in [4.78, 5) is 30.1. The van der Waals surface area contributed by atoms with Gasteiger partial charge in [-0.1, -0.05) is 24.8 Å². The van der Waals surface area contributed by atoms with Gasteiger partial charge in [0.15, 0.2) is 0 Å². The van der Waals surface area contributed by atoms with Gasteiger partial charge in [0, 0.05) is 29.0 Å². The lowest BCUT2D eigenvalue weighted by atomic mass is 10.1. The van der Waals surface area contributed by atoms with Crippen LogP contribution in [0.25, 0.3) is 5.57 Å². The topological polar surface area (TPSA) is 104 Å². The van der Waals surface area contributed by atoms with Gasteiger partial charge in [-0.2, -0.15) is 0 Å². The van der Waals surface area contributed by atoms with Crippen LogP contribution in [-0.2, 0) is 14.4 Å². The molecule has 0 radical (unpaired) electrons. The zero-order chi connectivity index (χ0) is 14.4. The number of aliphatic carboxylic acids is 2. The number of fused-ring (bicyclic) bond motifs is 1. The van der Waals surface area contributed by atoms with Crippen molar-refractivity contribution in [3.63, 3.8) is 0 Å². The van der Waals surface area contributed by atoms with Crippen molar-refractivity contribution in [3.8, 4) is 0 Å². The summed E-state index contributed by atoms with van der Waals surface area (Å²) < 4.78 is 0. The summed E-state index contributed by atoms with van der Waals surface area (Å²) in [5, 5.41) is 18.3. The summed E-state index contributed by atoms with van der Waals surface area (Å²) in [7, 11) is 0. The number of nitrogens with one attached hydrogen (secondary N) is 1. The molecule has 0 aliphatic carbocycles. The molecule has 2 rings (SSSR count). The van der Waals surface area contributed by atoms with Gasteiger partial charge >= 0.3 is 11.9 Å². The Morgan fingerprint density at radius 2 is 1.63 bits per heavy atom. The number of hydrogen-bond acceptors (Lipinski definition) is 3. The van der Waals surface area contributed by atoms with E-state index in [9.17, 15) is 14.4 Å². The largest absolute Gasteiger partial charge is 0.478 e. The lowest BCUT2D eigenvalue weighted by Gasteiger charge is -1.93. The molecule has 0 spiro atoms. The van der Waals surface area contributed by atoms with Crippen LogP contribution in [0.3, 0.4) is 0 Å². The van der Waals surface area contributed by atoms with E-state index in [1.807, 2.05) is 24.3 Å². The molecule has 1 amide bonds. The molecule has 6 nitrogen and oxygen atoms in total. The minimum Gasteiger partial charge on any atom is -0.478 e. The van der Waals surface area contributed by atoms with Crippen molar-refractivity contribution in [1.29, 1.82) is 0 Å². The second kappa shape index (κ2) is 6.15. The third-order valence-electron chi connectivity index (χ3n) is 2.14. The molecule has 1 aliphatic rings. The Bertz CT molecular complexity index is 558. The second-order valence-corrected chi connectivity index (χ2v) is 3.49. The van der Waals surface area contributed by atoms with Crippen LogP contribution >= 0.6 is 0 Å². The molecule has 0 saturated carbocycles. The van der Waals surface area contributed by atoms with E-state index < -0.39 is 11.9 Å². The fourth-order valence-corrected chi connectivity index (χ4v) is 1.32. The summed E-state index contributed by atoms with van der Waals surface area (Å²) in [6, 6.07) is 7.53. The molecule has 1 heterocycles. The van der Waals surface area contributed by atoms with Crippen LogP contribution in [0, 0.1) is 0 Å². The molecular formula is C13H11NO5. The molecule has 98 valence electrons. The first kappa shape index (κ1) is 14.2. The summed E-state index contributed by atoms with van der Waals surface area (Å²) >= 11 is 0. The third-order valence-corrected chi connectivity index (χ3v) is 2.14. The van der Waals surface area contributed by atoms with Crippen LogP contribution in [0.4, 0.5) is 5.69 Å². The maximum Gasteiger partial charge on any atom is 0.328 e. The molecular weight excluding hydrogens is 250 g/mol. The highest BCUT2D eigenvalue weighted by molar-refractivity contribution is 6.30. The summed E-state index contributed by atoms with van der Waals surface area (Å²) in [6.45, 7) is 3.66. The Kier molecular flexibility index (Phi) is 4.59. The molecule has 0 aromatic heterocycles. The van der Waals surface area contributed by atoms with E-state index in [-0.39, 0.29) is 5.91 Å². The Balaban J connectivity index is 0.000000203. The first-order valence-corrected chi connectivity index (χ1v) is 5.15. The first-order chi connectivity index (χ1) is 8.91. The number of carboxylic acid groups (broad SMARTS) is 2. The van der Waals surface area contributed by atoms with Crippen molar-refractivity contribution < 1.29 is 24.6 Å². The minimum atomic E-state index is -1.26. The number of hydrogen-bond donors (Lipinski definition) is 3. The van der Waals surface area contributed by atoms with E-state index in [1.165, 1.54) is 0 Å². The number of para-hydroxylation sites is 1. The molecule has 3 N–H and O–H groups in total. The van der Waals surface area contributed by atoms with Crippen molar-refractivity contribution in [3.05, 3.63) is 48.6 Å². The summed E-state index contributed by atoms with van der Waals surface area (Å²) in [5.74, 6) is -2.61. The maximum atomic E-state index is 11.0. The van der Waals surface area contributed by atoms with Crippen LogP contribution < -0.4 is 5.32 Å². The van der Waals surface area contributed by atoms with Crippen LogP contribution in [0.5, 0.6) is 0 Å². The zero-order valence-electron chi connectivity index (χ0n) is 9.79. The monoisotopic (exact) mass is 261 g/mol. The normalized spacial score (nSPS) is 12.4. The third kappa shape index (κ3) is 4.12. The number of rotatable bonds is 2. The van der Waals surface area contributed by atoms with Crippen molar-refractivity contribution in [2.75, 3.05) is 5.32 Å². The smallest absolute Gasteiger partial charge is 0.328 e. The van der Waals surface area contributed by atoms with Gasteiger partial charge in [0.25, 0.3) is 5.91 Å². The van der Waals surface area contributed by atoms with Gasteiger partial charge in [0.2, 0.25) is 0 Å². The Labute approximate surface area is 108 Å². The van der Waals surface area contributed by atoms with E-state index >= 15 is 0 Å². The average Bonchev–Trinajstić information content (AvgIpc) is 2.64. The number of carbonyl (C=O) groups is 3. The van der Waals surface area contributed by atoms with Gasteiger partial charge in [-0.25, -0.2) is 9.59 Å². The average molecular weight is 261 g/mol. The first-order valence-electron chi connectivity index (χ1n) is 5.15. The quantitative estimate of drug-likeness (QED) is 0.697. The maximum absolute atomic E-state index is 11.0. The SMILES string of the molecule is C=C1C(=O)Nc2ccccc21.O=C(O)/C=C/C(=O)O. The van der Waals surface area contributed by atoms with Gasteiger partial charge in [-0.15, -0.1) is 0 Å². The van der Waals surface area contributed by atoms with Crippen LogP contribution in [-0.4, -0.2) is 28.1 Å². The van der Waals surface area contributed by atoms with Crippen molar-refractivity contribution in [1.82, 2.24) is 0 Å². The molecule has 0 atom stereocenters. The number of anilines is 1. The number of carboxylic acids is 2. The van der Waals surface area contributed by atoms with Gasteiger partial charge < -0.3 is 15.5 Å². The Morgan fingerprint density at radius 1 is 1.11 bits per heavy atom. The van der Waals surface area contributed by atoms with Crippen molar-refractivity contribution in [2.45, 2.75) is 0 Å². The summed E-state index contributed by atoms with van der Waals surface area (Å²) in [5.41, 5.74) is 2.33. The second-order valence-electron chi connectivity index (χ2n) is 3.49. The van der Waals surface area contributed by atoms with Gasteiger partial charge in [-0.3, -0.25) is 4.79 Å². The lowest BCUT2D eigenvalue weighted by molar-refractivity contribution is -0.134. The van der Waals surface area contributed by atoms with E-state index in [0.29, 0.717) is 17.7 Å². The predicted octanol–water partition coefficient (Wildman–Crippen LogP) is 1.36. The highest BCUT2D eigenvalue weighted by atomic mass is 16.4. The molecule has 0 unspecified atom stereocenters. The van der Waals surface area contributed by atoms with Crippen molar-refractivity contribution >= 4 is 29.1 Å². The zero-order valence-corrected chi connectivity index (χ0v) is 9.79. The number of carbonyl (C=O) groups excluding carboxylic acids is 1. The highest BCUT2D eigenvalue weighted by Crippen LogP contribution is 2.29. The molecule has 0 saturated heterocycles. The van der Waals surface area contributed by atoms with E-state index in [0.717, 1.165) is 11.3 Å². The molecule has 1 aromatic carbocycles. The number of amides is 1. The van der Waals surface area contributed by atoms with E-state index in [2.05, 4.69) is 11.9 Å². The van der Waals surface area contributed by atoms with Gasteiger partial charge in [0.05, 0.1) is 0 Å². The predicted molar refractivity (Wildman–Crippen MR) is 68.5 cm³/mol. The molecule has 6 heteroatoms. The van der Waals surface area contributed by atoms with Crippen molar-refractivity contribution in [2.24, 2.45) is 0 Å². The molecule has 1 aromatic rings. The summed E-state index contributed by atoms with van der Waals surface area (Å²) in [6.07, 6.45) is 1.12. The Hall–Kier alpha value is -2.89. The fraction of sp³-hybridized carbons (Fsp3) is 0. The van der Waals surface area contributed by atoms with E-state index in [1.54, 1.807) is 0 Å². The molecule has 1 aliphatic heterocycles. The number of benzene rings is 1.